The lowest BCUT2D eigenvalue weighted by atomic mass is 10.0. The summed E-state index contributed by atoms with van der Waals surface area (Å²) in [6.45, 7) is 4.00. The van der Waals surface area contributed by atoms with Gasteiger partial charge in [-0.15, -0.1) is 0 Å². The molecular formula is C20H25NO5. The lowest BCUT2D eigenvalue weighted by molar-refractivity contribution is -0.102. The molecule has 0 aliphatic carbocycles. The van der Waals surface area contributed by atoms with Crippen LogP contribution in [-0.4, -0.2) is 42.6 Å². The highest BCUT2D eigenvalue weighted by Gasteiger charge is 2.16. The van der Waals surface area contributed by atoms with Crippen molar-refractivity contribution in [1.29, 1.82) is 0 Å². The largest absolute Gasteiger partial charge is 0.508 e. The van der Waals surface area contributed by atoms with Crippen LogP contribution in [0.4, 0.5) is 0 Å². The second-order valence-electron chi connectivity index (χ2n) is 6.35. The summed E-state index contributed by atoms with van der Waals surface area (Å²) in [6, 6.07) is 8.63. The first kappa shape index (κ1) is 18.5. The van der Waals surface area contributed by atoms with Crippen molar-refractivity contribution in [3.8, 4) is 11.6 Å². The Hall–Kier alpha value is -2.31. The minimum atomic E-state index is -0.112. The first-order valence-corrected chi connectivity index (χ1v) is 9.01. The second kappa shape index (κ2) is 8.87. The molecule has 1 atom stereocenters. The van der Waals surface area contributed by atoms with Crippen LogP contribution in [0.2, 0.25) is 0 Å². The van der Waals surface area contributed by atoms with E-state index >= 15 is 0 Å². The number of aryl methyl sites for hydroxylation is 2. The van der Waals surface area contributed by atoms with Crippen LogP contribution in [0.1, 0.15) is 23.7 Å². The van der Waals surface area contributed by atoms with Crippen molar-refractivity contribution in [3.63, 3.8) is 0 Å². The molecule has 0 amide bonds. The molecule has 1 aliphatic rings. The molecule has 140 valence electrons. The Bertz CT molecular complexity index is 763. The van der Waals surface area contributed by atoms with Gasteiger partial charge in [-0.2, -0.15) is 0 Å². The van der Waals surface area contributed by atoms with Gasteiger partial charge in [0.25, 0.3) is 0 Å². The summed E-state index contributed by atoms with van der Waals surface area (Å²) in [5.74, 6) is 0.711. The minimum Gasteiger partial charge on any atom is -0.508 e. The minimum absolute atomic E-state index is 0.0113. The highest BCUT2D eigenvalue weighted by Crippen LogP contribution is 2.15. The summed E-state index contributed by atoms with van der Waals surface area (Å²) in [4.78, 5) is 15.7. The normalized spacial score (nSPS) is 17.2. The standard InChI is InChI=1S/C20H25NO5/c1-2-17-18(8-5-14-3-6-15(22)7-4-14)21-20(11-19(17)23)26-13-16-12-24-9-10-25-16/h3-4,6-7,11,16,22H,2,5,8-10,12-13H2,1H3,(H,21,23). The van der Waals surface area contributed by atoms with Gasteiger partial charge in [0.2, 0.25) is 0 Å². The first-order chi connectivity index (χ1) is 12.7. The first-order valence-electron chi connectivity index (χ1n) is 9.01. The number of aromatic amines is 1. The van der Waals surface area contributed by atoms with E-state index in [9.17, 15) is 9.90 Å². The quantitative estimate of drug-likeness (QED) is 0.792. The van der Waals surface area contributed by atoms with Crippen molar-refractivity contribution in [2.24, 2.45) is 0 Å². The van der Waals surface area contributed by atoms with E-state index in [1.807, 2.05) is 19.1 Å². The van der Waals surface area contributed by atoms with Gasteiger partial charge in [-0.3, -0.25) is 4.79 Å². The molecule has 0 bridgehead atoms. The molecule has 0 spiro atoms. The lowest BCUT2D eigenvalue weighted by Gasteiger charge is -2.23. The molecule has 2 aromatic rings. The number of aromatic hydroxyl groups is 1. The molecule has 1 aromatic carbocycles. The van der Waals surface area contributed by atoms with E-state index in [4.69, 9.17) is 14.2 Å². The van der Waals surface area contributed by atoms with Gasteiger partial charge in [0.1, 0.15) is 18.5 Å². The fourth-order valence-electron chi connectivity index (χ4n) is 3.04. The molecule has 6 nitrogen and oxygen atoms in total. The Kier molecular flexibility index (Phi) is 6.30. The fraction of sp³-hybridized carbons (Fsp3) is 0.450. The van der Waals surface area contributed by atoms with Gasteiger partial charge in [0.15, 0.2) is 11.3 Å². The third-order valence-corrected chi connectivity index (χ3v) is 4.46. The van der Waals surface area contributed by atoms with E-state index in [-0.39, 0.29) is 17.3 Å². The maximum Gasteiger partial charge on any atom is 0.194 e. The van der Waals surface area contributed by atoms with Crippen LogP contribution >= 0.6 is 0 Å². The fourth-order valence-corrected chi connectivity index (χ4v) is 3.04. The SMILES string of the molecule is CCc1c(CCc2ccc(O)cc2)[nH]c(OCC2COCCO2)cc1=O. The number of rotatable bonds is 7. The summed E-state index contributed by atoms with van der Waals surface area (Å²) in [5.41, 5.74) is 2.77. The number of hydrogen-bond donors (Lipinski definition) is 2. The highest BCUT2D eigenvalue weighted by molar-refractivity contribution is 5.29. The van der Waals surface area contributed by atoms with Crippen molar-refractivity contribution in [2.45, 2.75) is 32.3 Å². The maximum absolute atomic E-state index is 12.4. The lowest BCUT2D eigenvalue weighted by Crippen LogP contribution is -2.33. The van der Waals surface area contributed by atoms with Gasteiger partial charge in [0, 0.05) is 17.3 Å². The number of phenols is 1. The number of benzene rings is 1. The summed E-state index contributed by atoms with van der Waals surface area (Å²) in [6.07, 6.45) is 2.02. The zero-order valence-corrected chi connectivity index (χ0v) is 15.0. The molecule has 0 saturated carbocycles. The number of H-pyrrole nitrogens is 1. The monoisotopic (exact) mass is 359 g/mol. The van der Waals surface area contributed by atoms with Crippen LogP contribution in [0.5, 0.6) is 11.6 Å². The number of hydrogen-bond acceptors (Lipinski definition) is 5. The Morgan fingerprint density at radius 3 is 2.73 bits per heavy atom. The third-order valence-electron chi connectivity index (χ3n) is 4.46. The van der Waals surface area contributed by atoms with Crippen LogP contribution in [0.3, 0.4) is 0 Å². The molecule has 1 unspecified atom stereocenters. The topological polar surface area (TPSA) is 80.8 Å². The zero-order valence-electron chi connectivity index (χ0n) is 15.0. The molecule has 0 radical (unpaired) electrons. The van der Waals surface area contributed by atoms with Gasteiger partial charge in [0.05, 0.1) is 19.8 Å². The Morgan fingerprint density at radius 1 is 1.23 bits per heavy atom. The molecule has 2 heterocycles. The van der Waals surface area contributed by atoms with Crippen LogP contribution in [-0.2, 0) is 28.7 Å². The van der Waals surface area contributed by atoms with Gasteiger partial charge in [-0.05, 0) is 37.0 Å². The van der Waals surface area contributed by atoms with E-state index in [0.717, 1.165) is 23.2 Å². The smallest absolute Gasteiger partial charge is 0.194 e. The van der Waals surface area contributed by atoms with Crippen molar-refractivity contribution in [2.75, 3.05) is 26.4 Å². The second-order valence-corrected chi connectivity index (χ2v) is 6.35. The zero-order chi connectivity index (χ0) is 18.4. The average molecular weight is 359 g/mol. The maximum atomic E-state index is 12.4. The molecule has 2 N–H and O–H groups in total. The van der Waals surface area contributed by atoms with E-state index in [0.29, 0.717) is 45.1 Å². The number of phenolic OH excluding ortho intramolecular Hbond substituents is 1. The number of nitrogens with one attached hydrogen (secondary N) is 1. The van der Waals surface area contributed by atoms with Crippen molar-refractivity contribution < 1.29 is 19.3 Å². The van der Waals surface area contributed by atoms with Crippen LogP contribution in [0.25, 0.3) is 0 Å². The predicted octanol–water partition coefficient (Wildman–Crippen LogP) is 2.22. The Balaban J connectivity index is 1.69. The van der Waals surface area contributed by atoms with Gasteiger partial charge in [-0.25, -0.2) is 0 Å². The molecular weight excluding hydrogens is 334 g/mol. The molecule has 1 fully saturated rings. The van der Waals surface area contributed by atoms with E-state index in [2.05, 4.69) is 4.98 Å². The number of ether oxygens (including phenoxy) is 3. The molecule has 1 saturated heterocycles. The van der Waals surface area contributed by atoms with Crippen molar-refractivity contribution >= 4 is 0 Å². The van der Waals surface area contributed by atoms with E-state index in [1.165, 1.54) is 6.07 Å². The summed E-state index contributed by atoms with van der Waals surface area (Å²) >= 11 is 0. The summed E-state index contributed by atoms with van der Waals surface area (Å²) < 4.78 is 16.7. The summed E-state index contributed by atoms with van der Waals surface area (Å²) in [7, 11) is 0. The van der Waals surface area contributed by atoms with Crippen LogP contribution in [0.15, 0.2) is 35.1 Å². The van der Waals surface area contributed by atoms with Crippen LogP contribution in [0, 0.1) is 0 Å². The average Bonchev–Trinajstić information content (AvgIpc) is 2.66. The van der Waals surface area contributed by atoms with Gasteiger partial charge < -0.3 is 24.3 Å². The van der Waals surface area contributed by atoms with E-state index in [1.54, 1.807) is 12.1 Å². The Morgan fingerprint density at radius 2 is 2.04 bits per heavy atom. The van der Waals surface area contributed by atoms with Gasteiger partial charge in [-0.1, -0.05) is 19.1 Å². The number of pyridine rings is 1. The summed E-state index contributed by atoms with van der Waals surface area (Å²) in [5, 5.41) is 9.38. The molecule has 6 heteroatoms. The molecule has 1 aromatic heterocycles. The number of aromatic nitrogens is 1. The van der Waals surface area contributed by atoms with Gasteiger partial charge >= 0.3 is 0 Å². The van der Waals surface area contributed by atoms with Crippen molar-refractivity contribution in [3.05, 3.63) is 57.4 Å². The van der Waals surface area contributed by atoms with E-state index < -0.39 is 0 Å². The Labute approximate surface area is 152 Å². The molecule has 26 heavy (non-hydrogen) atoms. The van der Waals surface area contributed by atoms with Crippen LogP contribution < -0.4 is 10.2 Å². The molecule has 3 rings (SSSR count). The predicted molar refractivity (Wildman–Crippen MR) is 98.0 cm³/mol. The van der Waals surface area contributed by atoms with Crippen molar-refractivity contribution in [1.82, 2.24) is 4.98 Å². The molecule has 1 aliphatic heterocycles. The highest BCUT2D eigenvalue weighted by atomic mass is 16.6. The third kappa shape index (κ3) is 4.86.